The highest BCUT2D eigenvalue weighted by molar-refractivity contribution is 9.10. The molecule has 2 heterocycles. The highest BCUT2D eigenvalue weighted by atomic mass is 79.9. The summed E-state index contributed by atoms with van der Waals surface area (Å²) in [6, 6.07) is 19.3. The maximum atomic E-state index is 13.5. The molecule has 5 nitrogen and oxygen atoms in total. The maximum absolute atomic E-state index is 13.5. The Labute approximate surface area is 233 Å². The number of aromatic nitrogens is 3. The van der Waals surface area contributed by atoms with Crippen LogP contribution in [0.1, 0.15) is 42.4 Å². The van der Waals surface area contributed by atoms with Crippen molar-refractivity contribution in [2.45, 2.75) is 39.7 Å². The first-order chi connectivity index (χ1) is 17.9. The van der Waals surface area contributed by atoms with E-state index < -0.39 is 0 Å². The molecule has 0 aliphatic carbocycles. The molecule has 0 amide bonds. The molecule has 37 heavy (non-hydrogen) atoms. The van der Waals surface area contributed by atoms with Gasteiger partial charge in [0.25, 0.3) is 5.56 Å². The van der Waals surface area contributed by atoms with Crippen LogP contribution in [0.3, 0.4) is 0 Å². The Morgan fingerprint density at radius 1 is 1.05 bits per heavy atom. The average molecular weight is 596 g/mol. The topological polar surface area (TPSA) is 52.2 Å². The van der Waals surface area contributed by atoms with Gasteiger partial charge in [0.1, 0.15) is 5.82 Å². The lowest BCUT2D eigenvalue weighted by atomic mass is 10.1. The highest BCUT2D eigenvalue weighted by Crippen LogP contribution is 2.28. The predicted molar refractivity (Wildman–Crippen MR) is 158 cm³/mol. The molecule has 0 saturated heterocycles. The fraction of sp³-hybridized carbons (Fsp3) is 0.207. The summed E-state index contributed by atoms with van der Waals surface area (Å²) < 4.78 is 4.49. The number of para-hydroxylation sites is 1. The Morgan fingerprint density at radius 2 is 1.86 bits per heavy atom. The molecule has 0 radical (unpaired) electrons. The number of benzene rings is 3. The van der Waals surface area contributed by atoms with Crippen molar-refractivity contribution in [1.29, 1.82) is 0 Å². The lowest BCUT2D eigenvalue weighted by Crippen LogP contribution is -2.22. The van der Waals surface area contributed by atoms with E-state index in [1.165, 1.54) is 4.68 Å². The van der Waals surface area contributed by atoms with Crippen molar-refractivity contribution < 1.29 is 0 Å². The largest absolute Gasteiger partial charge is 0.340 e. The molecule has 3 aromatic carbocycles. The van der Waals surface area contributed by atoms with Crippen LogP contribution in [0.4, 0.5) is 0 Å². The van der Waals surface area contributed by atoms with Crippen LogP contribution in [0.15, 0.2) is 75.0 Å². The molecule has 8 heteroatoms. The van der Waals surface area contributed by atoms with Gasteiger partial charge in [-0.05, 0) is 55.3 Å². The molecule has 0 fully saturated rings. The third-order valence-electron chi connectivity index (χ3n) is 6.55. The summed E-state index contributed by atoms with van der Waals surface area (Å²) in [4.78, 5) is 18.3. The second-order valence-corrected chi connectivity index (χ2v) is 10.8. The molecular weight excluding hydrogens is 571 g/mol. The molecule has 0 aliphatic rings. The number of aryl methyl sites for hydroxylation is 1. The smallest absolute Gasteiger partial charge is 0.282 e. The van der Waals surface area contributed by atoms with Crippen LogP contribution in [0.2, 0.25) is 10.0 Å². The van der Waals surface area contributed by atoms with E-state index in [0.29, 0.717) is 39.7 Å². The van der Waals surface area contributed by atoms with E-state index in [0.717, 1.165) is 45.0 Å². The Balaban J connectivity index is 1.64. The van der Waals surface area contributed by atoms with Crippen LogP contribution in [-0.2, 0) is 13.0 Å². The van der Waals surface area contributed by atoms with Crippen LogP contribution in [-0.4, -0.2) is 20.4 Å². The molecule has 0 aliphatic heterocycles. The van der Waals surface area contributed by atoms with Crippen LogP contribution < -0.4 is 5.56 Å². The van der Waals surface area contributed by atoms with Crippen molar-refractivity contribution in [3.05, 3.63) is 108 Å². The first-order valence-corrected chi connectivity index (χ1v) is 13.7. The molecule has 0 N–H and O–H groups in total. The van der Waals surface area contributed by atoms with Gasteiger partial charge in [-0.25, -0.2) is 4.98 Å². The molecule has 188 valence electrons. The van der Waals surface area contributed by atoms with Crippen molar-refractivity contribution >= 4 is 67.2 Å². The van der Waals surface area contributed by atoms with Gasteiger partial charge < -0.3 is 4.57 Å². The zero-order valence-corrected chi connectivity index (χ0v) is 23.6. The second-order valence-electron chi connectivity index (χ2n) is 8.99. The molecule has 0 atom stereocenters. The standard InChI is InChI=1S/C29H25BrCl2N4O/c1-3-4-9-28-34-26-13-11-20(30)14-23(26)29(37)36(28)33-16-24-18(2)35(27-8-6-5-7-22(24)27)17-19-10-12-21(31)15-25(19)32/h5-8,10-16H,3-4,9,17H2,1-2H3. The van der Waals surface area contributed by atoms with E-state index in [4.69, 9.17) is 33.3 Å². The molecular formula is C29H25BrCl2N4O. The zero-order chi connectivity index (χ0) is 26.1. The Hall–Kier alpha value is -2.93. The number of fused-ring (bicyclic) bond motifs is 2. The molecule has 5 rings (SSSR count). The Bertz CT molecular complexity index is 1720. The highest BCUT2D eigenvalue weighted by Gasteiger charge is 2.15. The molecule has 0 unspecified atom stereocenters. The minimum absolute atomic E-state index is 0.178. The third-order valence-corrected chi connectivity index (χ3v) is 7.64. The number of halogens is 3. The Kier molecular flexibility index (Phi) is 7.52. The minimum Gasteiger partial charge on any atom is -0.340 e. The lowest BCUT2D eigenvalue weighted by molar-refractivity contribution is 0.675. The van der Waals surface area contributed by atoms with E-state index in [2.05, 4.69) is 46.5 Å². The van der Waals surface area contributed by atoms with Gasteiger partial charge in [-0.15, -0.1) is 0 Å². The summed E-state index contributed by atoms with van der Waals surface area (Å²) in [6.45, 7) is 4.76. The van der Waals surface area contributed by atoms with Crippen molar-refractivity contribution in [2.75, 3.05) is 0 Å². The first-order valence-electron chi connectivity index (χ1n) is 12.1. The molecule has 0 spiro atoms. The van der Waals surface area contributed by atoms with Gasteiger partial charge in [0.05, 0.1) is 17.1 Å². The van der Waals surface area contributed by atoms with Gasteiger partial charge in [-0.1, -0.05) is 76.7 Å². The van der Waals surface area contributed by atoms with Gasteiger partial charge in [0, 0.05) is 49.6 Å². The molecule has 5 aromatic rings. The SMILES string of the molecule is CCCCc1nc2ccc(Br)cc2c(=O)n1N=Cc1c(C)n(Cc2ccc(Cl)cc2Cl)c2ccccc12. The van der Waals surface area contributed by atoms with Gasteiger partial charge in [-0.2, -0.15) is 9.78 Å². The van der Waals surface area contributed by atoms with Crippen molar-refractivity contribution in [3.63, 3.8) is 0 Å². The summed E-state index contributed by atoms with van der Waals surface area (Å²) in [5, 5.41) is 7.53. The second kappa shape index (κ2) is 10.8. The minimum atomic E-state index is -0.178. The number of rotatable bonds is 7. The predicted octanol–water partition coefficient (Wildman–Crippen LogP) is 8.00. The van der Waals surface area contributed by atoms with Gasteiger partial charge in [0.15, 0.2) is 0 Å². The molecule has 0 saturated carbocycles. The fourth-order valence-corrected chi connectivity index (χ4v) is 5.40. The average Bonchev–Trinajstić information content (AvgIpc) is 3.15. The van der Waals surface area contributed by atoms with E-state index in [1.54, 1.807) is 18.3 Å². The number of hydrogen-bond acceptors (Lipinski definition) is 3. The summed E-state index contributed by atoms with van der Waals surface area (Å²) >= 11 is 16.1. The van der Waals surface area contributed by atoms with Gasteiger partial charge >= 0.3 is 0 Å². The van der Waals surface area contributed by atoms with E-state index in [9.17, 15) is 4.79 Å². The Morgan fingerprint density at radius 3 is 2.65 bits per heavy atom. The fourth-order valence-electron chi connectivity index (χ4n) is 4.57. The summed E-state index contributed by atoms with van der Waals surface area (Å²) in [6.07, 6.45) is 4.37. The number of unbranched alkanes of at least 4 members (excludes halogenated alkanes) is 1. The summed E-state index contributed by atoms with van der Waals surface area (Å²) in [7, 11) is 0. The third kappa shape index (κ3) is 5.11. The van der Waals surface area contributed by atoms with Crippen LogP contribution in [0.25, 0.3) is 21.8 Å². The van der Waals surface area contributed by atoms with Crippen LogP contribution in [0.5, 0.6) is 0 Å². The van der Waals surface area contributed by atoms with E-state index >= 15 is 0 Å². The maximum Gasteiger partial charge on any atom is 0.282 e. The summed E-state index contributed by atoms with van der Waals surface area (Å²) in [5.74, 6) is 0.659. The number of hydrogen-bond donors (Lipinski definition) is 0. The van der Waals surface area contributed by atoms with Gasteiger partial charge in [-0.3, -0.25) is 4.79 Å². The monoisotopic (exact) mass is 594 g/mol. The first kappa shape index (κ1) is 25.7. The van der Waals surface area contributed by atoms with Crippen molar-refractivity contribution in [1.82, 2.24) is 14.2 Å². The molecule has 2 aromatic heterocycles. The quantitative estimate of drug-likeness (QED) is 0.179. The molecule has 0 bridgehead atoms. The van der Waals surface area contributed by atoms with E-state index in [1.807, 2.05) is 36.4 Å². The van der Waals surface area contributed by atoms with Crippen LogP contribution in [0, 0.1) is 6.92 Å². The van der Waals surface area contributed by atoms with E-state index in [-0.39, 0.29) is 5.56 Å². The van der Waals surface area contributed by atoms with Crippen molar-refractivity contribution in [3.8, 4) is 0 Å². The lowest BCUT2D eigenvalue weighted by Gasteiger charge is -2.11. The van der Waals surface area contributed by atoms with Crippen LogP contribution >= 0.6 is 39.1 Å². The van der Waals surface area contributed by atoms with Gasteiger partial charge in [0.2, 0.25) is 0 Å². The van der Waals surface area contributed by atoms with Crippen molar-refractivity contribution in [2.24, 2.45) is 5.10 Å². The zero-order valence-electron chi connectivity index (χ0n) is 20.5. The summed E-state index contributed by atoms with van der Waals surface area (Å²) in [5.41, 5.74) is 4.51. The number of nitrogens with zero attached hydrogens (tertiary/aromatic N) is 4. The normalized spacial score (nSPS) is 11.8.